The number of carbonyl (C=O) groups is 1. The Balaban J connectivity index is 2.60. The number of hydrogen-bond donors (Lipinski definition) is 1. The highest BCUT2D eigenvalue weighted by atomic mass is 19.2. The molecule has 0 aliphatic rings. The Labute approximate surface area is 164 Å². The van der Waals surface area contributed by atoms with Crippen LogP contribution in [0, 0.1) is 58.2 Å². The van der Waals surface area contributed by atoms with E-state index in [4.69, 9.17) is 0 Å². The zero-order chi connectivity index (χ0) is 23.4. The summed E-state index contributed by atoms with van der Waals surface area (Å²) in [4.78, 5) is 14.7. The number of carboxylic acid groups (broad SMARTS) is 1. The molecule has 0 saturated carbocycles. The lowest BCUT2D eigenvalue weighted by atomic mass is 9.92. The van der Waals surface area contributed by atoms with E-state index in [2.05, 4.69) is 4.98 Å². The molecule has 0 saturated heterocycles. The van der Waals surface area contributed by atoms with Crippen molar-refractivity contribution in [2.75, 3.05) is 0 Å². The molecule has 0 atom stereocenters. The quantitative estimate of drug-likeness (QED) is 0.322. The minimum Gasteiger partial charge on any atom is -0.478 e. The topological polar surface area (TPSA) is 50.2 Å². The van der Waals surface area contributed by atoms with E-state index < -0.39 is 92.1 Å². The molecule has 162 valence electrons. The molecule has 1 heterocycles. The highest BCUT2D eigenvalue weighted by Crippen LogP contribution is 2.41. The van der Waals surface area contributed by atoms with Crippen molar-refractivity contribution < 1.29 is 53.8 Å². The molecular weight excluding hydrogens is 452 g/mol. The van der Waals surface area contributed by atoms with Gasteiger partial charge in [0.25, 0.3) is 0 Å². The van der Waals surface area contributed by atoms with Gasteiger partial charge in [0.2, 0.25) is 11.6 Å². The van der Waals surface area contributed by atoms with E-state index in [0.717, 1.165) is 0 Å². The van der Waals surface area contributed by atoms with Gasteiger partial charge in [-0.25, -0.2) is 48.7 Å². The molecule has 0 amide bonds. The van der Waals surface area contributed by atoms with Crippen LogP contribution >= 0.6 is 0 Å². The number of carboxylic acids is 1. The van der Waals surface area contributed by atoms with Crippen molar-refractivity contribution in [1.82, 2.24) is 4.98 Å². The van der Waals surface area contributed by atoms with Gasteiger partial charge in [-0.1, -0.05) is 0 Å². The van der Waals surface area contributed by atoms with E-state index in [0.29, 0.717) is 12.3 Å². The van der Waals surface area contributed by atoms with Crippen molar-refractivity contribution in [3.8, 4) is 22.4 Å². The number of rotatable bonds is 3. The first-order valence-corrected chi connectivity index (χ1v) is 7.67. The van der Waals surface area contributed by atoms with Crippen molar-refractivity contribution >= 4 is 5.97 Å². The van der Waals surface area contributed by atoms with Gasteiger partial charge in [-0.05, 0) is 6.07 Å². The average molecular weight is 455 g/mol. The molecule has 0 aliphatic carbocycles. The molecule has 0 radical (unpaired) electrons. The Bertz CT molecular complexity index is 1220. The molecule has 1 N–H and O–H groups in total. The first-order valence-electron chi connectivity index (χ1n) is 7.67. The summed E-state index contributed by atoms with van der Waals surface area (Å²) >= 11 is 0. The minimum atomic E-state index is -2.64. The number of pyridine rings is 1. The normalized spacial score (nSPS) is 11.2. The third-order valence-corrected chi connectivity index (χ3v) is 4.09. The summed E-state index contributed by atoms with van der Waals surface area (Å²) in [7, 11) is 0. The van der Waals surface area contributed by atoms with Crippen molar-refractivity contribution in [2.45, 2.75) is 0 Å². The second-order valence-corrected chi connectivity index (χ2v) is 5.78. The number of benzene rings is 2. The molecule has 0 fully saturated rings. The van der Waals surface area contributed by atoms with Gasteiger partial charge < -0.3 is 5.11 Å². The first kappa shape index (κ1) is 22.1. The van der Waals surface area contributed by atoms with Crippen molar-refractivity contribution in [3.63, 3.8) is 0 Å². The molecule has 13 heteroatoms. The SMILES string of the molecule is O=C(O)c1ccnc(-c2c(F)c(F)c(F)c(F)c2F)c1-c1c(F)c(F)c(F)c(F)c1F. The summed E-state index contributed by atoms with van der Waals surface area (Å²) in [5.41, 5.74) is -8.43. The van der Waals surface area contributed by atoms with Crippen LogP contribution < -0.4 is 0 Å². The van der Waals surface area contributed by atoms with Crippen LogP contribution in [0.25, 0.3) is 22.4 Å². The Morgan fingerprint density at radius 3 is 1.32 bits per heavy atom. The predicted octanol–water partition coefficient (Wildman–Crippen LogP) is 5.50. The van der Waals surface area contributed by atoms with Crippen LogP contribution in [0.15, 0.2) is 12.3 Å². The largest absolute Gasteiger partial charge is 0.478 e. The number of nitrogens with zero attached hydrogens (tertiary/aromatic N) is 1. The summed E-state index contributed by atoms with van der Waals surface area (Å²) in [6.45, 7) is 0. The zero-order valence-electron chi connectivity index (χ0n) is 14.2. The third kappa shape index (κ3) is 3.16. The van der Waals surface area contributed by atoms with Crippen LogP contribution in [0.5, 0.6) is 0 Å². The maximum absolute atomic E-state index is 14.3. The Kier molecular flexibility index (Phi) is 5.38. The Hall–Kier alpha value is -3.64. The first-order chi connectivity index (χ1) is 14.4. The number of aromatic carboxylic acids is 1. The van der Waals surface area contributed by atoms with Crippen molar-refractivity contribution in [3.05, 3.63) is 76.0 Å². The van der Waals surface area contributed by atoms with Crippen LogP contribution in [-0.4, -0.2) is 16.1 Å². The second-order valence-electron chi connectivity index (χ2n) is 5.78. The van der Waals surface area contributed by atoms with Gasteiger partial charge in [-0.3, -0.25) is 4.98 Å². The standard InChI is InChI=1S/C18H3F10NO2/c19-7-5(8(20)12(24)15(27)11(7)23)4-3(18(30)31)1-2-29-17(4)6-9(21)13(25)16(28)14(26)10(6)22/h1-2H,(H,30,31). The van der Waals surface area contributed by atoms with Gasteiger partial charge in [-0.15, -0.1) is 0 Å². The molecule has 1 aromatic heterocycles. The van der Waals surface area contributed by atoms with E-state index in [1.807, 2.05) is 0 Å². The van der Waals surface area contributed by atoms with Crippen LogP contribution in [-0.2, 0) is 0 Å². The molecule has 0 aliphatic heterocycles. The molecule has 3 rings (SSSR count). The molecule has 0 bridgehead atoms. The van der Waals surface area contributed by atoms with Gasteiger partial charge in [0.1, 0.15) is 0 Å². The van der Waals surface area contributed by atoms with E-state index in [9.17, 15) is 53.8 Å². The predicted molar refractivity (Wildman–Crippen MR) is 81.6 cm³/mol. The van der Waals surface area contributed by atoms with Crippen molar-refractivity contribution in [1.29, 1.82) is 0 Å². The van der Waals surface area contributed by atoms with Gasteiger partial charge in [0.15, 0.2) is 46.5 Å². The Morgan fingerprint density at radius 2 is 0.935 bits per heavy atom. The molecule has 2 aromatic carbocycles. The molecular formula is C18H3F10NO2. The molecule has 31 heavy (non-hydrogen) atoms. The molecule has 0 unspecified atom stereocenters. The van der Waals surface area contributed by atoms with Crippen molar-refractivity contribution in [2.24, 2.45) is 0 Å². The maximum Gasteiger partial charge on any atom is 0.336 e. The summed E-state index contributed by atoms with van der Waals surface area (Å²) in [5, 5.41) is 9.24. The lowest BCUT2D eigenvalue weighted by Gasteiger charge is -2.16. The van der Waals surface area contributed by atoms with Crippen LogP contribution in [0.3, 0.4) is 0 Å². The maximum atomic E-state index is 14.3. The summed E-state index contributed by atoms with van der Waals surface area (Å²) in [6.07, 6.45) is 0.451. The summed E-state index contributed by atoms with van der Waals surface area (Å²) < 4.78 is 138. The lowest BCUT2D eigenvalue weighted by Crippen LogP contribution is -2.11. The fourth-order valence-electron chi connectivity index (χ4n) is 2.72. The average Bonchev–Trinajstić information content (AvgIpc) is 2.74. The van der Waals surface area contributed by atoms with Crippen LogP contribution in [0.1, 0.15) is 10.4 Å². The molecule has 3 nitrogen and oxygen atoms in total. The van der Waals surface area contributed by atoms with Gasteiger partial charge in [-0.2, -0.15) is 0 Å². The summed E-state index contributed by atoms with van der Waals surface area (Å²) in [5.74, 6) is -28.0. The monoisotopic (exact) mass is 455 g/mol. The van der Waals surface area contributed by atoms with E-state index in [-0.39, 0.29) is 0 Å². The molecule has 0 spiro atoms. The van der Waals surface area contributed by atoms with Gasteiger partial charge in [0, 0.05) is 11.8 Å². The van der Waals surface area contributed by atoms with Gasteiger partial charge >= 0.3 is 5.97 Å². The van der Waals surface area contributed by atoms with Crippen LogP contribution in [0.4, 0.5) is 43.9 Å². The lowest BCUT2D eigenvalue weighted by molar-refractivity contribution is 0.0697. The zero-order valence-corrected chi connectivity index (χ0v) is 14.2. The number of halogens is 10. The second kappa shape index (κ2) is 7.56. The summed E-state index contributed by atoms with van der Waals surface area (Å²) in [6, 6.07) is 0.450. The fraction of sp³-hybridized carbons (Fsp3) is 0. The van der Waals surface area contributed by atoms with E-state index in [1.54, 1.807) is 0 Å². The van der Waals surface area contributed by atoms with E-state index in [1.165, 1.54) is 0 Å². The fourth-order valence-corrected chi connectivity index (χ4v) is 2.72. The highest BCUT2D eigenvalue weighted by Gasteiger charge is 2.35. The number of aromatic nitrogens is 1. The van der Waals surface area contributed by atoms with Crippen LogP contribution in [0.2, 0.25) is 0 Å². The molecule has 3 aromatic rings. The van der Waals surface area contributed by atoms with Gasteiger partial charge in [0.05, 0.1) is 22.4 Å². The van der Waals surface area contributed by atoms with E-state index >= 15 is 0 Å². The highest BCUT2D eigenvalue weighted by molar-refractivity contribution is 6.00. The third-order valence-electron chi connectivity index (χ3n) is 4.09. The minimum absolute atomic E-state index is 0.450. The number of hydrogen-bond acceptors (Lipinski definition) is 2. The smallest absolute Gasteiger partial charge is 0.336 e. The Morgan fingerprint density at radius 1 is 0.581 bits per heavy atom.